The van der Waals surface area contributed by atoms with Gasteiger partial charge < -0.3 is 10.1 Å². The Balaban J connectivity index is 1.96. The predicted molar refractivity (Wildman–Crippen MR) is 76.0 cm³/mol. The number of methoxy groups -OCH3 is 1. The summed E-state index contributed by atoms with van der Waals surface area (Å²) in [6.07, 6.45) is 4.00. The van der Waals surface area contributed by atoms with Crippen LogP contribution in [0.15, 0.2) is 18.2 Å². The molecule has 0 saturated heterocycles. The minimum atomic E-state index is 0.446. The van der Waals surface area contributed by atoms with Gasteiger partial charge in [-0.3, -0.25) is 0 Å². The van der Waals surface area contributed by atoms with Gasteiger partial charge in [-0.1, -0.05) is 32.4 Å². The summed E-state index contributed by atoms with van der Waals surface area (Å²) in [5.74, 6) is 0.972. The summed E-state index contributed by atoms with van der Waals surface area (Å²) in [6, 6.07) is 7.08. The third kappa shape index (κ3) is 2.86. The van der Waals surface area contributed by atoms with Crippen LogP contribution in [0.4, 0.5) is 0 Å². The van der Waals surface area contributed by atoms with Gasteiger partial charge in [0.25, 0.3) is 0 Å². The fourth-order valence-electron chi connectivity index (χ4n) is 3.00. The van der Waals surface area contributed by atoms with Crippen molar-refractivity contribution >= 4 is 0 Å². The molecule has 0 aliphatic heterocycles. The lowest BCUT2D eigenvalue weighted by Crippen LogP contribution is -2.37. The average Bonchev–Trinajstić information content (AvgIpc) is 2.66. The Labute approximate surface area is 111 Å². The van der Waals surface area contributed by atoms with E-state index in [1.807, 2.05) is 0 Å². The van der Waals surface area contributed by atoms with Gasteiger partial charge in [0.1, 0.15) is 5.75 Å². The molecule has 2 nitrogen and oxygen atoms in total. The molecule has 1 aliphatic carbocycles. The second kappa shape index (κ2) is 5.31. The largest absolute Gasteiger partial charge is 0.496 e. The van der Waals surface area contributed by atoms with Crippen LogP contribution in [0.3, 0.4) is 0 Å². The highest BCUT2D eigenvalue weighted by Gasteiger charge is 2.33. The third-order valence-corrected chi connectivity index (χ3v) is 4.27. The van der Waals surface area contributed by atoms with Crippen LogP contribution in [-0.2, 0) is 6.54 Å². The maximum absolute atomic E-state index is 5.29. The van der Waals surface area contributed by atoms with Crippen molar-refractivity contribution in [2.45, 2.75) is 52.6 Å². The van der Waals surface area contributed by atoms with E-state index in [1.165, 1.54) is 30.4 Å². The molecular weight excluding hydrogens is 222 g/mol. The molecule has 2 heteroatoms. The molecule has 0 heterocycles. The first-order valence-corrected chi connectivity index (χ1v) is 6.90. The zero-order valence-corrected chi connectivity index (χ0v) is 12.0. The molecule has 1 aliphatic rings. The minimum absolute atomic E-state index is 0.446. The van der Waals surface area contributed by atoms with Crippen LogP contribution < -0.4 is 10.1 Å². The highest BCUT2D eigenvalue weighted by atomic mass is 16.5. The molecular formula is C16H25NO. The van der Waals surface area contributed by atoms with E-state index < -0.39 is 0 Å². The number of rotatable bonds is 4. The number of benzene rings is 1. The first-order valence-electron chi connectivity index (χ1n) is 6.90. The molecule has 1 aromatic carbocycles. The smallest absolute Gasteiger partial charge is 0.121 e. The SMILES string of the molecule is COc1ccc(CNC2CCCC2(C)C)cc1C. The summed E-state index contributed by atoms with van der Waals surface area (Å²) in [6.45, 7) is 7.80. The third-order valence-electron chi connectivity index (χ3n) is 4.27. The van der Waals surface area contributed by atoms with Crippen LogP contribution in [0.25, 0.3) is 0 Å². The van der Waals surface area contributed by atoms with Crippen LogP contribution in [0, 0.1) is 12.3 Å². The van der Waals surface area contributed by atoms with E-state index in [4.69, 9.17) is 4.74 Å². The number of hydrogen-bond donors (Lipinski definition) is 1. The van der Waals surface area contributed by atoms with Gasteiger partial charge in [-0.05, 0) is 42.4 Å². The number of aryl methyl sites for hydroxylation is 1. The first-order chi connectivity index (χ1) is 8.53. The summed E-state index contributed by atoms with van der Waals surface area (Å²) < 4.78 is 5.29. The van der Waals surface area contributed by atoms with Crippen molar-refractivity contribution in [1.82, 2.24) is 5.32 Å². The van der Waals surface area contributed by atoms with E-state index >= 15 is 0 Å². The van der Waals surface area contributed by atoms with Crippen LogP contribution >= 0.6 is 0 Å². The number of hydrogen-bond acceptors (Lipinski definition) is 2. The number of ether oxygens (including phenoxy) is 1. The molecule has 100 valence electrons. The maximum Gasteiger partial charge on any atom is 0.121 e. The van der Waals surface area contributed by atoms with E-state index in [2.05, 4.69) is 44.3 Å². The van der Waals surface area contributed by atoms with Gasteiger partial charge in [0.05, 0.1) is 7.11 Å². The van der Waals surface area contributed by atoms with Gasteiger partial charge in [-0.15, -0.1) is 0 Å². The molecule has 1 aromatic rings. The van der Waals surface area contributed by atoms with Crippen molar-refractivity contribution in [3.05, 3.63) is 29.3 Å². The first kappa shape index (κ1) is 13.4. The molecule has 1 saturated carbocycles. The normalized spacial score (nSPS) is 22.1. The molecule has 18 heavy (non-hydrogen) atoms. The van der Waals surface area contributed by atoms with Crippen LogP contribution in [-0.4, -0.2) is 13.2 Å². The lowest BCUT2D eigenvalue weighted by Gasteiger charge is -2.28. The Morgan fingerprint density at radius 1 is 1.39 bits per heavy atom. The number of nitrogens with one attached hydrogen (secondary N) is 1. The van der Waals surface area contributed by atoms with E-state index in [0.29, 0.717) is 11.5 Å². The fraction of sp³-hybridized carbons (Fsp3) is 0.625. The highest BCUT2D eigenvalue weighted by Crippen LogP contribution is 2.37. The van der Waals surface area contributed by atoms with Gasteiger partial charge in [-0.25, -0.2) is 0 Å². The monoisotopic (exact) mass is 247 g/mol. The Morgan fingerprint density at radius 2 is 2.17 bits per heavy atom. The molecule has 0 spiro atoms. The predicted octanol–water partition coefficient (Wildman–Crippen LogP) is 3.67. The summed E-state index contributed by atoms with van der Waals surface area (Å²) >= 11 is 0. The highest BCUT2D eigenvalue weighted by molar-refractivity contribution is 5.36. The van der Waals surface area contributed by atoms with Gasteiger partial charge >= 0.3 is 0 Å². The van der Waals surface area contributed by atoms with Gasteiger partial charge in [0.15, 0.2) is 0 Å². The summed E-state index contributed by atoms with van der Waals surface area (Å²) in [4.78, 5) is 0. The molecule has 2 rings (SSSR count). The molecule has 1 fully saturated rings. The van der Waals surface area contributed by atoms with E-state index in [9.17, 15) is 0 Å². The van der Waals surface area contributed by atoms with Crippen molar-refractivity contribution in [1.29, 1.82) is 0 Å². The van der Waals surface area contributed by atoms with Crippen LogP contribution in [0.2, 0.25) is 0 Å². The van der Waals surface area contributed by atoms with Gasteiger partial charge in [0, 0.05) is 12.6 Å². The van der Waals surface area contributed by atoms with Crippen LogP contribution in [0.5, 0.6) is 5.75 Å². The van der Waals surface area contributed by atoms with Crippen molar-refractivity contribution < 1.29 is 4.74 Å². The Kier molecular flexibility index (Phi) is 3.96. The van der Waals surface area contributed by atoms with E-state index in [0.717, 1.165) is 12.3 Å². The molecule has 0 amide bonds. The molecule has 0 aromatic heterocycles. The second-order valence-corrected chi connectivity index (χ2v) is 6.12. The van der Waals surface area contributed by atoms with Gasteiger partial charge in [-0.2, -0.15) is 0 Å². The molecule has 1 N–H and O–H groups in total. The standard InChI is InChI=1S/C16H25NO/c1-12-10-13(7-8-14(12)18-4)11-17-15-6-5-9-16(15,2)3/h7-8,10,15,17H,5-6,9,11H2,1-4H3. The summed E-state index contributed by atoms with van der Waals surface area (Å²) in [5, 5.41) is 3.71. The second-order valence-electron chi connectivity index (χ2n) is 6.12. The summed E-state index contributed by atoms with van der Waals surface area (Å²) in [7, 11) is 1.72. The molecule has 1 atom stereocenters. The minimum Gasteiger partial charge on any atom is -0.496 e. The van der Waals surface area contributed by atoms with Crippen molar-refractivity contribution in [3.63, 3.8) is 0 Å². The average molecular weight is 247 g/mol. The van der Waals surface area contributed by atoms with Crippen molar-refractivity contribution in [2.24, 2.45) is 5.41 Å². The molecule has 1 unspecified atom stereocenters. The van der Waals surface area contributed by atoms with Crippen molar-refractivity contribution in [3.8, 4) is 5.75 Å². The van der Waals surface area contributed by atoms with Crippen LogP contribution in [0.1, 0.15) is 44.2 Å². The maximum atomic E-state index is 5.29. The van der Waals surface area contributed by atoms with Gasteiger partial charge in [0.2, 0.25) is 0 Å². The zero-order chi connectivity index (χ0) is 13.2. The fourth-order valence-corrected chi connectivity index (χ4v) is 3.00. The molecule has 0 radical (unpaired) electrons. The Hall–Kier alpha value is -1.02. The zero-order valence-electron chi connectivity index (χ0n) is 12.0. The topological polar surface area (TPSA) is 21.3 Å². The lowest BCUT2D eigenvalue weighted by molar-refractivity contribution is 0.282. The van der Waals surface area contributed by atoms with E-state index in [-0.39, 0.29) is 0 Å². The summed E-state index contributed by atoms with van der Waals surface area (Å²) in [5.41, 5.74) is 3.00. The quantitative estimate of drug-likeness (QED) is 0.876. The lowest BCUT2D eigenvalue weighted by atomic mass is 9.87. The Bertz CT molecular complexity index is 412. The van der Waals surface area contributed by atoms with Crippen molar-refractivity contribution in [2.75, 3.05) is 7.11 Å². The Morgan fingerprint density at radius 3 is 2.72 bits per heavy atom. The van der Waals surface area contributed by atoms with E-state index in [1.54, 1.807) is 7.11 Å². The molecule has 0 bridgehead atoms.